The zero-order valence-corrected chi connectivity index (χ0v) is 16.3. The molecular weight excluding hydrogens is 387 g/mol. The van der Waals surface area contributed by atoms with Crippen molar-refractivity contribution < 1.29 is 17.9 Å². The number of aryl methyl sites for hydroxylation is 1. The molecule has 0 fully saturated rings. The molecule has 0 saturated carbocycles. The number of thioether (sulfide) groups is 1. The van der Waals surface area contributed by atoms with Gasteiger partial charge in [-0.2, -0.15) is 13.2 Å². The third kappa shape index (κ3) is 5.07. The molecule has 0 aliphatic heterocycles. The van der Waals surface area contributed by atoms with E-state index in [0.717, 1.165) is 23.0 Å². The third-order valence-corrected chi connectivity index (χ3v) is 5.17. The molecule has 0 radical (unpaired) electrons. The summed E-state index contributed by atoms with van der Waals surface area (Å²) in [4.78, 5) is 0. The summed E-state index contributed by atoms with van der Waals surface area (Å²) in [5.74, 6) is 1.48. The lowest BCUT2D eigenvalue weighted by atomic mass is 10.2. The van der Waals surface area contributed by atoms with Gasteiger partial charge in [0.2, 0.25) is 0 Å². The Labute approximate surface area is 165 Å². The fourth-order valence-electron chi connectivity index (χ4n) is 2.59. The van der Waals surface area contributed by atoms with E-state index in [1.807, 2.05) is 18.4 Å². The van der Waals surface area contributed by atoms with E-state index in [1.54, 1.807) is 11.8 Å². The molecule has 0 aliphatic rings. The number of nitrogens with zero attached hydrogens (tertiary/aromatic N) is 3. The number of benzene rings is 2. The van der Waals surface area contributed by atoms with E-state index in [0.29, 0.717) is 12.4 Å². The maximum atomic E-state index is 12.8. The molecule has 0 N–H and O–H groups in total. The van der Waals surface area contributed by atoms with Crippen LogP contribution in [0.15, 0.2) is 53.7 Å². The Morgan fingerprint density at radius 3 is 2.50 bits per heavy atom. The first-order valence-electron chi connectivity index (χ1n) is 8.77. The Bertz CT molecular complexity index is 923. The molecule has 0 amide bonds. The summed E-state index contributed by atoms with van der Waals surface area (Å²) in [5.41, 5.74) is 1.65. The summed E-state index contributed by atoms with van der Waals surface area (Å²) in [6, 6.07) is 13.1. The van der Waals surface area contributed by atoms with Gasteiger partial charge in [-0.1, -0.05) is 47.7 Å². The minimum Gasteiger partial charge on any atom is -0.486 e. The largest absolute Gasteiger partial charge is 0.486 e. The van der Waals surface area contributed by atoms with E-state index in [2.05, 4.69) is 34.5 Å². The van der Waals surface area contributed by atoms with Crippen molar-refractivity contribution in [2.24, 2.45) is 0 Å². The van der Waals surface area contributed by atoms with Crippen molar-refractivity contribution in [3.05, 3.63) is 71.0 Å². The third-order valence-electron chi connectivity index (χ3n) is 4.13. The van der Waals surface area contributed by atoms with E-state index in [4.69, 9.17) is 4.74 Å². The molecule has 148 valence electrons. The Balaban J connectivity index is 1.66. The highest BCUT2D eigenvalue weighted by Crippen LogP contribution is 2.31. The fraction of sp³-hybridized carbons (Fsp3) is 0.300. The molecule has 0 unspecified atom stereocenters. The molecule has 0 saturated heterocycles. The summed E-state index contributed by atoms with van der Waals surface area (Å²) in [6.07, 6.45) is -4.40. The molecule has 0 aliphatic carbocycles. The van der Waals surface area contributed by atoms with Crippen molar-refractivity contribution in [3.8, 4) is 5.75 Å². The smallest absolute Gasteiger partial charge is 0.416 e. The van der Waals surface area contributed by atoms with Crippen LogP contribution in [0.2, 0.25) is 0 Å². The minimum atomic E-state index is -4.40. The molecule has 3 aromatic rings. The number of hydrogen-bond donors (Lipinski definition) is 0. The van der Waals surface area contributed by atoms with Gasteiger partial charge >= 0.3 is 6.18 Å². The molecule has 2 aromatic carbocycles. The van der Waals surface area contributed by atoms with E-state index in [-0.39, 0.29) is 12.4 Å². The average molecular weight is 407 g/mol. The van der Waals surface area contributed by atoms with E-state index in [1.165, 1.54) is 23.3 Å². The van der Waals surface area contributed by atoms with E-state index < -0.39 is 11.7 Å². The van der Waals surface area contributed by atoms with E-state index in [9.17, 15) is 13.2 Å². The maximum absolute atomic E-state index is 12.8. The van der Waals surface area contributed by atoms with Crippen molar-refractivity contribution in [2.75, 3.05) is 0 Å². The van der Waals surface area contributed by atoms with Gasteiger partial charge in [0.25, 0.3) is 0 Å². The molecule has 4 nitrogen and oxygen atoms in total. The highest BCUT2D eigenvalue weighted by Gasteiger charge is 2.30. The van der Waals surface area contributed by atoms with Crippen molar-refractivity contribution in [1.82, 2.24) is 14.8 Å². The van der Waals surface area contributed by atoms with E-state index >= 15 is 0 Å². The SMILES string of the molecule is CCn1c(COc2cccc(C(F)(F)F)c2)nnc1SCc1ccc(C)cc1. The zero-order valence-electron chi connectivity index (χ0n) is 15.5. The standard InChI is InChI=1S/C20H20F3N3OS/c1-3-26-18(12-27-17-6-4-5-16(11-17)20(21,22)23)24-25-19(26)28-13-15-9-7-14(2)8-10-15/h4-11H,3,12-13H2,1-2H3. The molecule has 28 heavy (non-hydrogen) atoms. The van der Waals surface area contributed by atoms with Gasteiger partial charge in [-0.05, 0) is 37.6 Å². The van der Waals surface area contributed by atoms with Crippen molar-refractivity contribution in [1.29, 1.82) is 0 Å². The van der Waals surface area contributed by atoms with Crippen molar-refractivity contribution >= 4 is 11.8 Å². The first-order valence-corrected chi connectivity index (χ1v) is 9.76. The van der Waals surface area contributed by atoms with Crippen LogP contribution in [0.25, 0.3) is 0 Å². The van der Waals surface area contributed by atoms with Crippen molar-refractivity contribution in [3.63, 3.8) is 0 Å². The first-order chi connectivity index (χ1) is 13.4. The normalized spacial score (nSPS) is 11.6. The highest BCUT2D eigenvalue weighted by atomic mass is 32.2. The van der Waals surface area contributed by atoms with Crippen LogP contribution in [0.3, 0.4) is 0 Å². The van der Waals surface area contributed by atoms with Gasteiger partial charge in [0.05, 0.1) is 5.56 Å². The van der Waals surface area contributed by atoms with Crippen LogP contribution in [0, 0.1) is 6.92 Å². The summed E-state index contributed by atoms with van der Waals surface area (Å²) in [6.45, 7) is 4.70. The van der Waals surface area contributed by atoms with Crippen LogP contribution >= 0.6 is 11.8 Å². The summed E-state index contributed by atoms with van der Waals surface area (Å²) in [5, 5.41) is 9.10. The molecule has 0 bridgehead atoms. The van der Waals surface area contributed by atoms with Crippen LogP contribution in [-0.4, -0.2) is 14.8 Å². The Kier molecular flexibility index (Phi) is 6.28. The second kappa shape index (κ2) is 8.68. The average Bonchev–Trinajstić information content (AvgIpc) is 3.07. The van der Waals surface area contributed by atoms with Gasteiger partial charge in [0, 0.05) is 12.3 Å². The molecular formula is C20H20F3N3OS. The van der Waals surface area contributed by atoms with Crippen LogP contribution < -0.4 is 4.74 Å². The Morgan fingerprint density at radius 2 is 1.82 bits per heavy atom. The number of rotatable bonds is 7. The number of alkyl halides is 3. The predicted molar refractivity (Wildman–Crippen MR) is 102 cm³/mol. The number of aromatic nitrogens is 3. The fourth-order valence-corrected chi connectivity index (χ4v) is 3.57. The highest BCUT2D eigenvalue weighted by molar-refractivity contribution is 7.98. The number of ether oxygens (including phenoxy) is 1. The number of hydrogen-bond acceptors (Lipinski definition) is 4. The van der Waals surface area contributed by atoms with Crippen LogP contribution in [-0.2, 0) is 25.1 Å². The lowest BCUT2D eigenvalue weighted by Gasteiger charge is -2.11. The van der Waals surface area contributed by atoms with Gasteiger partial charge in [-0.3, -0.25) is 0 Å². The summed E-state index contributed by atoms with van der Waals surface area (Å²) in [7, 11) is 0. The second-order valence-corrected chi connectivity index (χ2v) is 7.17. The Hall–Kier alpha value is -2.48. The maximum Gasteiger partial charge on any atom is 0.416 e. The predicted octanol–water partition coefficient (Wildman–Crippen LogP) is 5.50. The lowest BCUT2D eigenvalue weighted by molar-refractivity contribution is -0.137. The summed E-state index contributed by atoms with van der Waals surface area (Å²) < 4.78 is 45.9. The molecule has 3 rings (SSSR count). The van der Waals surface area contributed by atoms with Crippen LogP contribution in [0.1, 0.15) is 29.4 Å². The van der Waals surface area contributed by atoms with Gasteiger partial charge in [-0.25, -0.2) is 0 Å². The van der Waals surface area contributed by atoms with Crippen molar-refractivity contribution in [2.45, 2.75) is 44.1 Å². The van der Waals surface area contributed by atoms with Gasteiger partial charge in [0.1, 0.15) is 12.4 Å². The van der Waals surface area contributed by atoms with Gasteiger partial charge in [-0.15, -0.1) is 10.2 Å². The topological polar surface area (TPSA) is 39.9 Å². The second-order valence-electron chi connectivity index (χ2n) is 6.23. The lowest BCUT2D eigenvalue weighted by Crippen LogP contribution is -2.08. The molecule has 1 aromatic heterocycles. The summed E-state index contributed by atoms with van der Waals surface area (Å²) >= 11 is 1.56. The van der Waals surface area contributed by atoms with Crippen LogP contribution in [0.4, 0.5) is 13.2 Å². The monoisotopic (exact) mass is 407 g/mol. The van der Waals surface area contributed by atoms with Gasteiger partial charge in [0.15, 0.2) is 11.0 Å². The molecule has 8 heteroatoms. The minimum absolute atomic E-state index is 0.0489. The van der Waals surface area contributed by atoms with Crippen LogP contribution in [0.5, 0.6) is 5.75 Å². The quantitative estimate of drug-likeness (QED) is 0.485. The molecule has 1 heterocycles. The Morgan fingerprint density at radius 1 is 1.07 bits per heavy atom. The molecule has 0 spiro atoms. The number of halogens is 3. The molecule has 0 atom stereocenters. The first kappa shape index (κ1) is 20.3. The van der Waals surface area contributed by atoms with Gasteiger partial charge < -0.3 is 9.30 Å². The zero-order chi connectivity index (χ0) is 20.1.